The van der Waals surface area contributed by atoms with E-state index in [4.69, 9.17) is 9.47 Å². The first kappa shape index (κ1) is 19.9. The van der Waals surface area contributed by atoms with Gasteiger partial charge in [-0.15, -0.1) is 11.8 Å². The predicted molar refractivity (Wildman–Crippen MR) is 101 cm³/mol. The molecule has 7 nitrogen and oxygen atoms in total. The zero-order valence-corrected chi connectivity index (χ0v) is 15.6. The van der Waals surface area contributed by atoms with E-state index in [-0.39, 0.29) is 6.61 Å². The first-order valence-electron chi connectivity index (χ1n) is 8.56. The van der Waals surface area contributed by atoms with Crippen LogP contribution >= 0.6 is 11.8 Å². The third-order valence-electron chi connectivity index (χ3n) is 4.52. The summed E-state index contributed by atoms with van der Waals surface area (Å²) in [6.07, 6.45) is -0.105. The van der Waals surface area contributed by atoms with Crippen LogP contribution in [0.5, 0.6) is 11.5 Å². The summed E-state index contributed by atoms with van der Waals surface area (Å²) < 4.78 is 11.1. The summed E-state index contributed by atoms with van der Waals surface area (Å²) >= 11 is 1.09. The fourth-order valence-corrected chi connectivity index (χ4v) is 4.15. The normalized spacial score (nSPS) is 28.0. The van der Waals surface area contributed by atoms with Crippen LogP contribution in [0.15, 0.2) is 42.7 Å². The van der Waals surface area contributed by atoms with Gasteiger partial charge in [0.25, 0.3) is 0 Å². The Hall–Kier alpha value is -1.84. The molecule has 0 amide bonds. The monoisotopic (exact) mass is 393 g/mol. The quantitative estimate of drug-likeness (QED) is 0.564. The van der Waals surface area contributed by atoms with Crippen molar-refractivity contribution in [1.82, 2.24) is 4.98 Å². The first-order chi connectivity index (χ1) is 13.0. The van der Waals surface area contributed by atoms with Crippen LogP contribution in [0.25, 0.3) is 0 Å². The lowest BCUT2D eigenvalue weighted by atomic mass is 10.0. The number of aliphatic hydroxyl groups is 4. The number of nitrogens with zero attached hydrogens (tertiary/aromatic N) is 1. The highest BCUT2D eigenvalue weighted by Gasteiger charge is 2.44. The summed E-state index contributed by atoms with van der Waals surface area (Å²) in [5.74, 6) is 1.25. The molecule has 1 aliphatic heterocycles. The van der Waals surface area contributed by atoms with Gasteiger partial charge >= 0.3 is 0 Å². The van der Waals surface area contributed by atoms with Gasteiger partial charge in [-0.2, -0.15) is 0 Å². The summed E-state index contributed by atoms with van der Waals surface area (Å²) in [4.78, 5) is 4.08. The molecule has 1 aromatic carbocycles. The summed E-state index contributed by atoms with van der Waals surface area (Å²) in [6.45, 7) is -0.332. The third-order valence-corrected chi connectivity index (χ3v) is 5.94. The number of methoxy groups -OCH3 is 1. The molecule has 146 valence electrons. The molecular formula is C19H23NO6S. The summed E-state index contributed by atoms with van der Waals surface area (Å²) in [6, 6.07) is 9.49. The summed E-state index contributed by atoms with van der Waals surface area (Å²) in [5, 5.41) is 38.9. The van der Waals surface area contributed by atoms with Gasteiger partial charge in [0.05, 0.1) is 31.3 Å². The number of thioether (sulfide) groups is 1. The van der Waals surface area contributed by atoms with Crippen LogP contribution < -0.4 is 9.47 Å². The average Bonchev–Trinajstić information content (AvgIpc) is 2.70. The molecule has 0 bridgehead atoms. The van der Waals surface area contributed by atoms with E-state index in [9.17, 15) is 20.4 Å². The van der Waals surface area contributed by atoms with E-state index in [2.05, 4.69) is 4.98 Å². The minimum absolute atomic E-state index is 0.332. The van der Waals surface area contributed by atoms with E-state index in [1.165, 1.54) is 0 Å². The highest BCUT2D eigenvalue weighted by atomic mass is 32.2. The van der Waals surface area contributed by atoms with Crippen LogP contribution in [0.3, 0.4) is 0 Å². The van der Waals surface area contributed by atoms with Crippen LogP contribution in [0.2, 0.25) is 0 Å². The van der Waals surface area contributed by atoms with Gasteiger partial charge in [-0.25, -0.2) is 0 Å². The number of ether oxygens (including phenoxy) is 2. The Bertz CT molecular complexity index is 741. The van der Waals surface area contributed by atoms with Gasteiger partial charge in [0.1, 0.15) is 23.7 Å². The maximum atomic E-state index is 10.2. The van der Waals surface area contributed by atoms with Crippen molar-refractivity contribution in [2.45, 2.75) is 35.4 Å². The maximum Gasteiger partial charge on any atom is 0.173 e. The lowest BCUT2D eigenvalue weighted by Gasteiger charge is -2.39. The van der Waals surface area contributed by atoms with E-state index >= 15 is 0 Å². The molecule has 2 heterocycles. The molecule has 0 radical (unpaired) electrons. The van der Waals surface area contributed by atoms with Crippen molar-refractivity contribution in [3.63, 3.8) is 0 Å². The van der Waals surface area contributed by atoms with Crippen molar-refractivity contribution in [1.29, 1.82) is 0 Å². The smallest absolute Gasteiger partial charge is 0.173 e. The van der Waals surface area contributed by atoms with Crippen LogP contribution in [0, 0.1) is 0 Å². The highest BCUT2D eigenvalue weighted by molar-refractivity contribution is 8.00. The van der Waals surface area contributed by atoms with Gasteiger partial charge in [-0.3, -0.25) is 4.98 Å². The van der Waals surface area contributed by atoms with E-state index in [1.54, 1.807) is 19.5 Å². The summed E-state index contributed by atoms with van der Waals surface area (Å²) in [5.41, 5.74) is 1.08. The fourth-order valence-electron chi connectivity index (χ4n) is 2.91. The second kappa shape index (κ2) is 8.90. The highest BCUT2D eigenvalue weighted by Crippen LogP contribution is 2.35. The number of benzene rings is 1. The predicted octanol–water partition coefficient (Wildman–Crippen LogP) is 0.576. The van der Waals surface area contributed by atoms with E-state index in [0.29, 0.717) is 12.2 Å². The Kier molecular flexibility index (Phi) is 6.56. The minimum atomic E-state index is -1.39. The molecule has 2 aromatic rings. The van der Waals surface area contributed by atoms with E-state index < -0.39 is 29.0 Å². The largest absolute Gasteiger partial charge is 0.497 e. The van der Waals surface area contributed by atoms with Crippen molar-refractivity contribution in [2.24, 2.45) is 0 Å². The third kappa shape index (κ3) is 4.53. The molecule has 3 rings (SSSR count). The SMILES string of the molecule is COc1ccc(Cc2ccncc2O[C@@H]2S[C@H](CO)[C@@H](O)[C@H](O)[C@H]2O)cc1. The molecule has 5 atom stereocenters. The van der Waals surface area contributed by atoms with Gasteiger partial charge in [-0.1, -0.05) is 12.1 Å². The zero-order chi connectivity index (χ0) is 19.4. The van der Waals surface area contributed by atoms with Crippen LogP contribution in [-0.2, 0) is 6.42 Å². The number of pyridine rings is 1. The molecule has 0 saturated carbocycles. The van der Waals surface area contributed by atoms with E-state index in [1.807, 2.05) is 30.3 Å². The molecule has 4 N–H and O–H groups in total. The van der Waals surface area contributed by atoms with Crippen molar-refractivity contribution in [3.05, 3.63) is 53.9 Å². The molecule has 1 fully saturated rings. The molecule has 1 aromatic heterocycles. The van der Waals surface area contributed by atoms with Crippen molar-refractivity contribution in [2.75, 3.05) is 13.7 Å². The molecule has 1 aliphatic rings. The maximum absolute atomic E-state index is 10.2. The molecule has 0 spiro atoms. The number of aliphatic hydroxyl groups excluding tert-OH is 4. The number of aromatic nitrogens is 1. The van der Waals surface area contributed by atoms with Crippen molar-refractivity contribution >= 4 is 11.8 Å². The molecule has 1 saturated heterocycles. The molecule has 0 aliphatic carbocycles. The lowest BCUT2D eigenvalue weighted by molar-refractivity contribution is -0.0910. The minimum Gasteiger partial charge on any atom is -0.497 e. The van der Waals surface area contributed by atoms with Gasteiger partial charge in [-0.05, 0) is 23.8 Å². The van der Waals surface area contributed by atoms with Crippen LogP contribution in [0.4, 0.5) is 0 Å². The molecule has 27 heavy (non-hydrogen) atoms. The topological polar surface area (TPSA) is 112 Å². The second-order valence-corrected chi connectivity index (χ2v) is 7.67. The average molecular weight is 393 g/mol. The van der Waals surface area contributed by atoms with Crippen LogP contribution in [0.1, 0.15) is 11.1 Å². The standard InChI is InChI=1S/C19H23NO6S/c1-25-13-4-2-11(3-5-13)8-12-6-7-20-9-14(12)26-19-18(24)17(23)16(22)15(10-21)27-19/h2-7,9,15-19,21-24H,8,10H2,1H3/t15-,16-,17+,18-,19-/m1/s1. The molecule has 0 unspecified atom stereocenters. The number of rotatable bonds is 6. The Morgan fingerprint density at radius 2 is 1.78 bits per heavy atom. The molecular weight excluding hydrogens is 370 g/mol. The zero-order valence-electron chi connectivity index (χ0n) is 14.8. The lowest BCUT2D eigenvalue weighted by Crippen LogP contribution is -2.55. The van der Waals surface area contributed by atoms with Crippen molar-refractivity contribution in [3.8, 4) is 11.5 Å². The second-order valence-electron chi connectivity index (χ2n) is 6.32. The van der Waals surface area contributed by atoms with Gasteiger partial charge < -0.3 is 29.9 Å². The van der Waals surface area contributed by atoms with Crippen molar-refractivity contribution < 1.29 is 29.9 Å². The number of hydrogen-bond donors (Lipinski definition) is 4. The van der Waals surface area contributed by atoms with Gasteiger partial charge in [0.15, 0.2) is 5.44 Å². The first-order valence-corrected chi connectivity index (χ1v) is 9.50. The van der Waals surface area contributed by atoms with Gasteiger partial charge in [0.2, 0.25) is 0 Å². The van der Waals surface area contributed by atoms with Gasteiger partial charge in [0, 0.05) is 18.2 Å². The Balaban J connectivity index is 1.77. The number of hydrogen-bond acceptors (Lipinski definition) is 8. The fraction of sp³-hybridized carbons (Fsp3) is 0.421. The van der Waals surface area contributed by atoms with E-state index in [0.717, 1.165) is 28.6 Å². The summed E-state index contributed by atoms with van der Waals surface area (Å²) in [7, 11) is 1.61. The Morgan fingerprint density at radius 1 is 1.04 bits per heavy atom. The van der Waals surface area contributed by atoms with Crippen LogP contribution in [-0.4, -0.2) is 68.1 Å². The Labute approximate surface area is 161 Å². The molecule has 8 heteroatoms. The Morgan fingerprint density at radius 3 is 2.44 bits per heavy atom.